The molecule has 0 aliphatic rings. The summed E-state index contributed by atoms with van der Waals surface area (Å²) in [5.74, 6) is 0. The fourth-order valence-corrected chi connectivity index (χ4v) is 1.49. The summed E-state index contributed by atoms with van der Waals surface area (Å²) >= 11 is 0. The Morgan fingerprint density at radius 3 is 2.59 bits per heavy atom. The number of pyridine rings is 1. The number of allylic oxidation sites excluding steroid dienone is 1. The van der Waals surface area contributed by atoms with Gasteiger partial charge in [-0.1, -0.05) is 36.4 Å². The maximum Gasteiger partial charge on any atom is 0.112 e. The van der Waals surface area contributed by atoms with Gasteiger partial charge in [-0.3, -0.25) is 4.98 Å². The molecule has 2 aromatic rings. The molecule has 1 aromatic carbocycles. The summed E-state index contributed by atoms with van der Waals surface area (Å²) in [6, 6.07) is 14.1. The first-order valence-electron chi connectivity index (χ1n) is 5.64. The first kappa shape index (κ1) is 11.4. The van der Waals surface area contributed by atoms with E-state index in [2.05, 4.69) is 23.2 Å². The predicted octanol–water partition coefficient (Wildman–Crippen LogP) is 3.35. The summed E-state index contributed by atoms with van der Waals surface area (Å²) in [6.07, 6.45) is 8.24. The number of hydrogen-bond donors (Lipinski definition) is 0. The standard InChI is InChI=1S/C15H15NO/c1-2-6-15(7-3-1)13-17-11-5-9-14-8-4-10-16-12-14/h1-8,10-12H,9,13H2/b11-5-. The van der Waals surface area contributed by atoms with Crippen LogP contribution in [0.3, 0.4) is 0 Å². The van der Waals surface area contributed by atoms with Gasteiger partial charge in [0, 0.05) is 12.4 Å². The molecule has 0 atom stereocenters. The zero-order valence-electron chi connectivity index (χ0n) is 9.62. The van der Waals surface area contributed by atoms with Crippen molar-refractivity contribution >= 4 is 0 Å². The molecule has 0 spiro atoms. The van der Waals surface area contributed by atoms with Crippen molar-refractivity contribution in [3.63, 3.8) is 0 Å². The molecule has 0 saturated carbocycles. The van der Waals surface area contributed by atoms with Gasteiger partial charge >= 0.3 is 0 Å². The Morgan fingerprint density at radius 1 is 1.00 bits per heavy atom. The molecule has 0 aliphatic carbocycles. The molecule has 2 rings (SSSR count). The zero-order valence-corrected chi connectivity index (χ0v) is 9.62. The van der Waals surface area contributed by atoms with Crippen LogP contribution in [-0.4, -0.2) is 4.98 Å². The molecule has 1 aromatic heterocycles. The molecule has 0 fully saturated rings. The molecule has 1 heterocycles. The lowest BCUT2D eigenvalue weighted by Crippen LogP contribution is -1.86. The van der Waals surface area contributed by atoms with Crippen molar-refractivity contribution in [2.45, 2.75) is 13.0 Å². The molecule has 0 bridgehead atoms. The van der Waals surface area contributed by atoms with Crippen molar-refractivity contribution in [2.24, 2.45) is 0 Å². The van der Waals surface area contributed by atoms with Gasteiger partial charge in [0.15, 0.2) is 0 Å². The highest BCUT2D eigenvalue weighted by Gasteiger charge is 1.89. The molecule has 0 amide bonds. The molecular formula is C15H15NO. The highest BCUT2D eigenvalue weighted by Crippen LogP contribution is 2.02. The molecule has 2 nitrogen and oxygen atoms in total. The van der Waals surface area contributed by atoms with E-state index in [9.17, 15) is 0 Å². The number of nitrogens with zero attached hydrogens (tertiary/aromatic N) is 1. The molecule has 0 saturated heterocycles. The Balaban J connectivity index is 1.72. The smallest absolute Gasteiger partial charge is 0.112 e. The quantitative estimate of drug-likeness (QED) is 0.728. The Morgan fingerprint density at radius 2 is 1.82 bits per heavy atom. The van der Waals surface area contributed by atoms with Crippen molar-refractivity contribution in [3.05, 3.63) is 78.3 Å². The van der Waals surface area contributed by atoms with Crippen molar-refractivity contribution < 1.29 is 4.74 Å². The normalized spacial score (nSPS) is 10.6. The van der Waals surface area contributed by atoms with Crippen molar-refractivity contribution in [1.82, 2.24) is 4.98 Å². The predicted molar refractivity (Wildman–Crippen MR) is 68.3 cm³/mol. The van der Waals surface area contributed by atoms with Gasteiger partial charge in [0.05, 0.1) is 6.26 Å². The zero-order chi connectivity index (χ0) is 11.8. The summed E-state index contributed by atoms with van der Waals surface area (Å²) < 4.78 is 5.44. The second kappa shape index (κ2) is 6.48. The minimum atomic E-state index is 0.615. The van der Waals surface area contributed by atoms with Crippen LogP contribution < -0.4 is 0 Å². The highest BCUT2D eigenvalue weighted by molar-refractivity contribution is 5.14. The van der Waals surface area contributed by atoms with Gasteiger partial charge in [-0.25, -0.2) is 0 Å². The minimum Gasteiger partial charge on any atom is -0.497 e. The number of rotatable bonds is 5. The molecule has 0 N–H and O–H groups in total. The van der Waals surface area contributed by atoms with Gasteiger partial charge in [0.1, 0.15) is 6.61 Å². The van der Waals surface area contributed by atoms with Crippen molar-refractivity contribution in [1.29, 1.82) is 0 Å². The molecular weight excluding hydrogens is 210 g/mol. The third kappa shape index (κ3) is 4.11. The highest BCUT2D eigenvalue weighted by atomic mass is 16.5. The monoisotopic (exact) mass is 225 g/mol. The van der Waals surface area contributed by atoms with E-state index in [1.54, 1.807) is 12.5 Å². The lowest BCUT2D eigenvalue weighted by Gasteiger charge is -2.00. The number of aromatic nitrogens is 1. The van der Waals surface area contributed by atoms with Crippen molar-refractivity contribution in [3.8, 4) is 0 Å². The molecule has 17 heavy (non-hydrogen) atoms. The summed E-state index contributed by atoms with van der Waals surface area (Å²) in [4.78, 5) is 4.06. The molecule has 0 unspecified atom stereocenters. The Kier molecular flexibility index (Phi) is 4.35. The van der Waals surface area contributed by atoms with Crippen LogP contribution in [0.5, 0.6) is 0 Å². The second-order valence-electron chi connectivity index (χ2n) is 3.73. The van der Waals surface area contributed by atoms with Crippen LogP contribution in [0.25, 0.3) is 0 Å². The fourth-order valence-electron chi connectivity index (χ4n) is 1.49. The molecule has 2 heteroatoms. The first-order chi connectivity index (χ1) is 8.45. The lowest BCUT2D eigenvalue weighted by atomic mass is 10.2. The van der Waals surface area contributed by atoms with Crippen LogP contribution in [0.1, 0.15) is 11.1 Å². The maximum atomic E-state index is 5.44. The third-order valence-corrected chi connectivity index (χ3v) is 2.36. The van der Waals surface area contributed by atoms with E-state index >= 15 is 0 Å². The topological polar surface area (TPSA) is 22.1 Å². The van der Waals surface area contributed by atoms with Crippen LogP contribution >= 0.6 is 0 Å². The van der Waals surface area contributed by atoms with Crippen LogP contribution in [0.15, 0.2) is 67.2 Å². The van der Waals surface area contributed by atoms with Gasteiger partial charge in [0.25, 0.3) is 0 Å². The van der Waals surface area contributed by atoms with Gasteiger partial charge in [-0.15, -0.1) is 0 Å². The number of ether oxygens (including phenoxy) is 1. The number of hydrogen-bond acceptors (Lipinski definition) is 2. The molecule has 0 aliphatic heterocycles. The Hall–Kier alpha value is -2.09. The fraction of sp³-hybridized carbons (Fsp3) is 0.133. The third-order valence-electron chi connectivity index (χ3n) is 2.36. The van der Waals surface area contributed by atoms with Crippen LogP contribution in [0.2, 0.25) is 0 Å². The van der Waals surface area contributed by atoms with E-state index in [1.165, 1.54) is 11.1 Å². The van der Waals surface area contributed by atoms with Gasteiger partial charge in [-0.05, 0) is 29.7 Å². The summed E-state index contributed by atoms with van der Waals surface area (Å²) in [7, 11) is 0. The van der Waals surface area contributed by atoms with Crippen molar-refractivity contribution in [2.75, 3.05) is 0 Å². The summed E-state index contributed by atoms with van der Waals surface area (Å²) in [6.45, 7) is 0.615. The molecule has 0 radical (unpaired) electrons. The Labute approximate surface area is 102 Å². The average molecular weight is 225 g/mol. The first-order valence-corrected chi connectivity index (χ1v) is 5.64. The van der Waals surface area contributed by atoms with E-state index in [0.717, 1.165) is 6.42 Å². The van der Waals surface area contributed by atoms with Crippen LogP contribution in [-0.2, 0) is 17.8 Å². The van der Waals surface area contributed by atoms with E-state index in [-0.39, 0.29) is 0 Å². The average Bonchev–Trinajstić information content (AvgIpc) is 2.41. The maximum absolute atomic E-state index is 5.44. The molecule has 86 valence electrons. The van der Waals surface area contributed by atoms with Crippen LogP contribution in [0, 0.1) is 0 Å². The van der Waals surface area contributed by atoms with Gasteiger partial charge < -0.3 is 4.74 Å². The SMILES string of the molecule is C(=C/OCc1ccccc1)/Cc1cccnc1. The van der Waals surface area contributed by atoms with E-state index in [0.29, 0.717) is 6.61 Å². The van der Waals surface area contributed by atoms with Gasteiger partial charge in [0.2, 0.25) is 0 Å². The van der Waals surface area contributed by atoms with Crippen LogP contribution in [0.4, 0.5) is 0 Å². The van der Waals surface area contributed by atoms with Gasteiger partial charge in [-0.2, -0.15) is 0 Å². The summed E-state index contributed by atoms with van der Waals surface area (Å²) in [5, 5.41) is 0. The van der Waals surface area contributed by atoms with E-state index in [4.69, 9.17) is 4.74 Å². The lowest BCUT2D eigenvalue weighted by molar-refractivity contribution is 0.235. The minimum absolute atomic E-state index is 0.615. The second-order valence-corrected chi connectivity index (χ2v) is 3.73. The summed E-state index contributed by atoms with van der Waals surface area (Å²) in [5.41, 5.74) is 2.37. The Bertz CT molecular complexity index is 451. The van der Waals surface area contributed by atoms with E-state index in [1.807, 2.05) is 36.5 Å². The van der Waals surface area contributed by atoms with E-state index < -0.39 is 0 Å². The number of benzene rings is 1. The largest absolute Gasteiger partial charge is 0.497 e.